The monoisotopic (exact) mass is 1210 g/mol. The Morgan fingerprint density at radius 3 is 0.462 bits per heavy atom. The highest BCUT2D eigenvalue weighted by molar-refractivity contribution is 6.01. The van der Waals surface area contributed by atoms with Gasteiger partial charge in [-0.3, -0.25) is 0 Å². The zero-order valence-electron chi connectivity index (χ0n) is 50.1. The molecule has 0 aliphatic heterocycles. The molecular weight excluding hydrogens is 1160 g/mol. The van der Waals surface area contributed by atoms with Crippen molar-refractivity contribution in [2.75, 3.05) is 0 Å². The van der Waals surface area contributed by atoms with Gasteiger partial charge in [-0.25, -0.2) is 0 Å². The van der Waals surface area contributed by atoms with Crippen LogP contribution in [0, 0.1) is 0 Å². The highest BCUT2D eigenvalue weighted by Crippen LogP contribution is 2.66. The van der Waals surface area contributed by atoms with Crippen LogP contribution in [-0.4, -0.2) is 12.4 Å². The van der Waals surface area contributed by atoms with Crippen LogP contribution in [-0.2, 0) is 5.41 Å². The van der Waals surface area contributed by atoms with Crippen LogP contribution in [0.25, 0.3) is 145 Å². The fourth-order valence-electron chi connectivity index (χ4n) is 13.6. The molecule has 0 fully saturated rings. The lowest BCUT2D eigenvalue weighted by Crippen LogP contribution is -2.53. The van der Waals surface area contributed by atoms with Crippen LogP contribution in [0.5, 0.6) is 0 Å². The molecule has 0 amide bonds. The third-order valence-electron chi connectivity index (χ3n) is 18.1. The maximum atomic E-state index is 17.6. The molecule has 15 rings (SSSR count). The molecule has 0 saturated heterocycles. The molecule has 0 atom stereocenters. The molecule has 1 aliphatic rings. The van der Waals surface area contributed by atoms with Crippen LogP contribution in [0.2, 0.25) is 0 Å². The normalized spacial score (nSPS) is 12.5. The van der Waals surface area contributed by atoms with Gasteiger partial charge in [0.1, 0.15) is 0 Å². The average molecular weight is 1220 g/mol. The first-order chi connectivity index (χ1) is 45.3. The molecule has 0 nitrogen and oxygen atoms in total. The zero-order valence-corrected chi connectivity index (χ0v) is 50.1. The fourth-order valence-corrected chi connectivity index (χ4v) is 13.6. The minimum Gasteiger partial charge on any atom is -0.169 e. The van der Waals surface area contributed by atoms with Crippen LogP contribution in [0.15, 0.2) is 340 Å². The summed E-state index contributed by atoms with van der Waals surface area (Å²) in [6.45, 7) is 0. The smallest absolute Gasteiger partial charge is 0.169 e. The second kappa shape index (κ2) is 23.8. The van der Waals surface area contributed by atoms with Crippen molar-refractivity contribution in [2.45, 2.75) is 17.8 Å². The van der Waals surface area contributed by atoms with E-state index < -0.39 is 28.9 Å². The maximum absolute atomic E-state index is 17.6. The highest BCUT2D eigenvalue weighted by Gasteiger charge is 2.75. The Balaban J connectivity index is 1.10. The van der Waals surface area contributed by atoms with Crippen molar-refractivity contribution in [1.82, 2.24) is 0 Å². The molecule has 0 aromatic heterocycles. The van der Waals surface area contributed by atoms with E-state index in [0.29, 0.717) is 33.4 Å². The van der Waals surface area contributed by atoms with Gasteiger partial charge in [0.15, 0.2) is 0 Å². The predicted octanol–water partition coefficient (Wildman–Crippen LogP) is 25.1. The summed E-state index contributed by atoms with van der Waals surface area (Å²) in [5.74, 6) is 0. The second-order valence-corrected chi connectivity index (χ2v) is 23.8. The van der Waals surface area contributed by atoms with Gasteiger partial charge in [0.05, 0.1) is 0 Å². The van der Waals surface area contributed by atoms with Crippen LogP contribution in [0.1, 0.15) is 11.1 Å². The Kier molecular flexibility index (Phi) is 14.9. The van der Waals surface area contributed by atoms with Crippen molar-refractivity contribution in [3.63, 3.8) is 0 Å². The Hall–Kier alpha value is -11.3. The Morgan fingerprint density at radius 2 is 0.301 bits per heavy atom. The van der Waals surface area contributed by atoms with Crippen LogP contribution in [0.4, 0.5) is 26.3 Å². The average Bonchev–Trinajstić information content (AvgIpc) is 1.53. The number of alkyl halides is 6. The van der Waals surface area contributed by atoms with Gasteiger partial charge in [-0.05, 0) is 253 Å². The molecule has 0 saturated carbocycles. The lowest BCUT2D eigenvalue weighted by Gasteiger charge is -2.36. The molecule has 14 aromatic rings. The van der Waals surface area contributed by atoms with E-state index in [4.69, 9.17) is 0 Å². The first-order valence-electron chi connectivity index (χ1n) is 30.9. The van der Waals surface area contributed by atoms with E-state index in [-0.39, 0.29) is 22.3 Å². The summed E-state index contributed by atoms with van der Waals surface area (Å²) in [5, 5.41) is 0. The van der Waals surface area contributed by atoms with Crippen molar-refractivity contribution in [3.8, 4) is 145 Å². The number of rotatable bonds is 12. The zero-order chi connectivity index (χ0) is 63.3. The quantitative estimate of drug-likeness (QED) is 0.107. The predicted molar refractivity (Wildman–Crippen MR) is 370 cm³/mol. The van der Waals surface area contributed by atoms with Crippen LogP contribution >= 0.6 is 0 Å². The van der Waals surface area contributed by atoms with E-state index in [1.54, 1.807) is 12.1 Å². The highest BCUT2D eigenvalue weighted by atomic mass is 19.4. The van der Waals surface area contributed by atoms with Gasteiger partial charge in [-0.1, -0.05) is 243 Å². The lowest BCUT2D eigenvalue weighted by molar-refractivity contribution is -0.287. The SMILES string of the molecule is FC(F)(F)C1(C(F)(F)F)c2cc(-c3cc(-c4ccccc4)cc(-c4ccccc4)c3)c(-c3cc(-c4ccccc4)cc(-c4ccccc4)c3)cc2-c2cc(-c3cc(-c4ccccc4)cc(-c4ccccc4)c3)c(-c3cc(-c4ccccc4)cc(-c4ccccc4)c3)cc21. The first-order valence-corrected chi connectivity index (χ1v) is 30.9. The van der Waals surface area contributed by atoms with Gasteiger partial charge in [0.2, 0.25) is 5.41 Å². The third kappa shape index (κ3) is 10.8. The van der Waals surface area contributed by atoms with Crippen molar-refractivity contribution >= 4 is 0 Å². The minimum atomic E-state index is -5.94. The number of hydrogen-bond acceptors (Lipinski definition) is 0. The standard InChI is InChI=1S/C87H56F6/c88-86(89,90)85(87(91,92)93)83-55-79(75-49-69(61-33-17-5-18-34-61)43-70(50-75)62-35-19-6-20-36-62)77(73-45-65(57-25-9-1-10-26-57)41-66(46-73)58-27-11-2-12-28-58)53-81(83)82-54-78(74-47-67(59-29-13-3-14-30-59)42-68(48-74)60-31-15-4-16-32-60)80(56-84(82)85)76-51-71(63-37-21-7-22-38-63)44-72(52-76)64-39-23-8-24-40-64/h1-56H. The molecule has 0 radical (unpaired) electrons. The first kappa shape index (κ1) is 58.1. The van der Waals surface area contributed by atoms with Gasteiger partial charge in [0, 0.05) is 0 Å². The summed E-state index contributed by atoms with van der Waals surface area (Å²) in [6, 6.07) is 107. The molecule has 446 valence electrons. The molecule has 0 heterocycles. The van der Waals surface area contributed by atoms with Crippen molar-refractivity contribution in [1.29, 1.82) is 0 Å². The Morgan fingerprint density at radius 1 is 0.151 bits per heavy atom. The van der Waals surface area contributed by atoms with E-state index in [2.05, 4.69) is 12.1 Å². The van der Waals surface area contributed by atoms with E-state index in [9.17, 15) is 0 Å². The maximum Gasteiger partial charge on any atom is 0.411 e. The van der Waals surface area contributed by atoms with Crippen LogP contribution < -0.4 is 0 Å². The molecule has 0 spiro atoms. The van der Waals surface area contributed by atoms with E-state index in [1.807, 2.05) is 303 Å². The molecular formula is C87H56F6. The number of halogens is 6. The van der Waals surface area contributed by atoms with E-state index in [1.165, 1.54) is 12.1 Å². The topological polar surface area (TPSA) is 0 Å². The summed E-state index contributed by atoms with van der Waals surface area (Å²) in [5.41, 5.74) is 9.68. The van der Waals surface area contributed by atoms with Gasteiger partial charge in [-0.2, -0.15) is 26.3 Å². The van der Waals surface area contributed by atoms with Gasteiger partial charge >= 0.3 is 12.4 Å². The summed E-state index contributed by atoms with van der Waals surface area (Å²) in [4.78, 5) is 0. The lowest BCUT2D eigenvalue weighted by atomic mass is 9.74. The fraction of sp³-hybridized carbons (Fsp3) is 0.0345. The summed E-state index contributed by atoms with van der Waals surface area (Å²) < 4.78 is 105. The van der Waals surface area contributed by atoms with Crippen LogP contribution in [0.3, 0.4) is 0 Å². The molecule has 0 N–H and O–H groups in total. The second-order valence-electron chi connectivity index (χ2n) is 23.8. The van der Waals surface area contributed by atoms with Crippen molar-refractivity contribution < 1.29 is 26.3 Å². The molecule has 1 aliphatic carbocycles. The molecule has 0 unspecified atom stereocenters. The van der Waals surface area contributed by atoms with Gasteiger partial charge in [0.25, 0.3) is 0 Å². The summed E-state index contributed by atoms with van der Waals surface area (Å²) in [7, 11) is 0. The Bertz CT molecular complexity index is 4490. The summed E-state index contributed by atoms with van der Waals surface area (Å²) in [6.07, 6.45) is -11.9. The van der Waals surface area contributed by atoms with E-state index >= 15 is 26.3 Å². The largest absolute Gasteiger partial charge is 0.411 e. The number of fused-ring (bicyclic) bond motifs is 3. The van der Waals surface area contributed by atoms with Crippen molar-refractivity contribution in [3.05, 3.63) is 351 Å². The van der Waals surface area contributed by atoms with E-state index in [0.717, 1.165) is 89.0 Å². The molecule has 93 heavy (non-hydrogen) atoms. The molecule has 6 heteroatoms. The minimum absolute atomic E-state index is 0.175. The number of benzene rings is 14. The number of hydrogen-bond donors (Lipinski definition) is 0. The third-order valence-corrected chi connectivity index (χ3v) is 18.1. The molecule has 14 aromatic carbocycles. The molecule has 0 bridgehead atoms. The van der Waals surface area contributed by atoms with Crippen molar-refractivity contribution in [2.24, 2.45) is 0 Å². The van der Waals surface area contributed by atoms with Gasteiger partial charge < -0.3 is 0 Å². The summed E-state index contributed by atoms with van der Waals surface area (Å²) >= 11 is 0. The van der Waals surface area contributed by atoms with Gasteiger partial charge in [-0.15, -0.1) is 0 Å². The Labute approximate surface area is 536 Å².